The van der Waals surface area contributed by atoms with Crippen molar-refractivity contribution >= 4 is 26.4 Å². The molecular formula is C25H29FN2O3S. The van der Waals surface area contributed by atoms with Crippen LogP contribution in [-0.4, -0.2) is 26.1 Å². The maximum Gasteiger partial charge on any atom is 0.212 e. The number of aryl methyl sites for hydroxylation is 3. The molecule has 0 aliphatic carbocycles. The third-order valence-electron chi connectivity index (χ3n) is 6.38. The second-order valence-electron chi connectivity index (χ2n) is 8.90. The first-order valence-corrected chi connectivity index (χ1v) is 12.6. The molecule has 7 heteroatoms. The smallest absolute Gasteiger partial charge is 0.212 e. The molecule has 32 heavy (non-hydrogen) atoms. The standard InChI is InChI=1S/C25H29FN2O3S/c1-5-27-15-24(32(30,31)23-11-16(2)8-9-18(23)4)25(29)19-12-20(26)22(13-21(19)27)28-10-6-7-17(3)14-28/h8-9,11-13,15,17H,5-7,10,14H2,1-4H3/t17-/m0/s1. The fourth-order valence-corrected chi connectivity index (χ4v) is 6.28. The van der Waals surface area contributed by atoms with Crippen LogP contribution >= 0.6 is 0 Å². The summed E-state index contributed by atoms with van der Waals surface area (Å²) in [6, 6.07) is 8.04. The molecular weight excluding hydrogens is 427 g/mol. The number of halogens is 1. The van der Waals surface area contributed by atoms with Crippen LogP contribution in [0.15, 0.2) is 51.1 Å². The molecule has 0 radical (unpaired) electrons. The number of nitrogens with zero attached hydrogens (tertiary/aromatic N) is 2. The highest BCUT2D eigenvalue weighted by molar-refractivity contribution is 7.91. The highest BCUT2D eigenvalue weighted by Crippen LogP contribution is 2.30. The molecule has 1 fully saturated rings. The third-order valence-corrected chi connectivity index (χ3v) is 8.27. The monoisotopic (exact) mass is 456 g/mol. The Morgan fingerprint density at radius 3 is 2.56 bits per heavy atom. The summed E-state index contributed by atoms with van der Waals surface area (Å²) in [5.74, 6) is -0.0232. The molecule has 2 aromatic carbocycles. The molecule has 1 aromatic heterocycles. The molecule has 5 nitrogen and oxygen atoms in total. The van der Waals surface area contributed by atoms with E-state index in [9.17, 15) is 13.2 Å². The van der Waals surface area contributed by atoms with Gasteiger partial charge >= 0.3 is 0 Å². The first-order valence-electron chi connectivity index (χ1n) is 11.1. The molecule has 0 bridgehead atoms. The molecule has 1 saturated heterocycles. The summed E-state index contributed by atoms with van der Waals surface area (Å²) >= 11 is 0. The van der Waals surface area contributed by atoms with Crippen LogP contribution in [0.25, 0.3) is 10.9 Å². The number of benzene rings is 2. The highest BCUT2D eigenvalue weighted by atomic mass is 32.2. The molecule has 2 heterocycles. The lowest BCUT2D eigenvalue weighted by Crippen LogP contribution is -2.35. The van der Waals surface area contributed by atoms with Crippen molar-refractivity contribution in [3.8, 4) is 0 Å². The number of fused-ring (bicyclic) bond motifs is 1. The molecule has 0 spiro atoms. The van der Waals surface area contributed by atoms with Gasteiger partial charge in [-0.25, -0.2) is 12.8 Å². The minimum absolute atomic E-state index is 0.0875. The quantitative estimate of drug-likeness (QED) is 0.563. The summed E-state index contributed by atoms with van der Waals surface area (Å²) < 4.78 is 43.8. The minimum Gasteiger partial charge on any atom is -0.369 e. The fraction of sp³-hybridized carbons (Fsp3) is 0.400. The summed E-state index contributed by atoms with van der Waals surface area (Å²) in [7, 11) is -4.06. The average molecular weight is 457 g/mol. The predicted molar refractivity (Wildman–Crippen MR) is 126 cm³/mol. The van der Waals surface area contributed by atoms with Gasteiger partial charge in [-0.15, -0.1) is 0 Å². The molecule has 1 aliphatic rings. The van der Waals surface area contributed by atoms with Crippen LogP contribution in [0.5, 0.6) is 0 Å². The zero-order chi connectivity index (χ0) is 23.2. The van der Waals surface area contributed by atoms with Crippen molar-refractivity contribution < 1.29 is 12.8 Å². The largest absolute Gasteiger partial charge is 0.369 e. The van der Waals surface area contributed by atoms with Crippen LogP contribution in [0.3, 0.4) is 0 Å². The Hall–Kier alpha value is -2.67. The number of anilines is 1. The van der Waals surface area contributed by atoms with Crippen LogP contribution in [0.2, 0.25) is 0 Å². The summed E-state index contributed by atoms with van der Waals surface area (Å²) in [5.41, 5.74) is 1.71. The van der Waals surface area contributed by atoms with Crippen molar-refractivity contribution in [2.45, 2.75) is 56.9 Å². The highest BCUT2D eigenvalue weighted by Gasteiger charge is 2.27. The van der Waals surface area contributed by atoms with Crippen molar-refractivity contribution in [2.24, 2.45) is 5.92 Å². The lowest BCUT2D eigenvalue weighted by Gasteiger charge is -2.33. The summed E-state index contributed by atoms with van der Waals surface area (Å²) in [4.78, 5) is 15.1. The topological polar surface area (TPSA) is 59.4 Å². The number of rotatable bonds is 4. The Balaban J connectivity index is 1.94. The van der Waals surface area contributed by atoms with Crippen molar-refractivity contribution in [2.75, 3.05) is 18.0 Å². The van der Waals surface area contributed by atoms with Gasteiger partial charge in [0.25, 0.3) is 0 Å². The van der Waals surface area contributed by atoms with E-state index in [2.05, 4.69) is 6.92 Å². The van der Waals surface area contributed by atoms with Crippen LogP contribution in [0, 0.1) is 25.6 Å². The summed E-state index contributed by atoms with van der Waals surface area (Å²) in [6.45, 7) is 9.52. The maximum atomic E-state index is 15.2. The number of hydrogen-bond acceptors (Lipinski definition) is 4. The van der Waals surface area contributed by atoms with Gasteiger partial charge in [0.05, 0.1) is 21.5 Å². The van der Waals surface area contributed by atoms with Crippen LogP contribution in [0.4, 0.5) is 10.1 Å². The molecule has 3 aromatic rings. The summed E-state index contributed by atoms with van der Waals surface area (Å²) in [5, 5.41) is 0.0875. The second-order valence-corrected chi connectivity index (χ2v) is 10.8. The first kappa shape index (κ1) is 22.5. The van der Waals surface area contributed by atoms with E-state index in [0.29, 0.717) is 29.2 Å². The second kappa shape index (κ2) is 8.35. The maximum absolute atomic E-state index is 15.2. The molecule has 0 saturated carbocycles. The molecule has 1 aliphatic heterocycles. The minimum atomic E-state index is -4.06. The van der Waals surface area contributed by atoms with E-state index in [1.54, 1.807) is 29.7 Å². The Morgan fingerprint density at radius 1 is 1.12 bits per heavy atom. The van der Waals surface area contributed by atoms with Gasteiger partial charge < -0.3 is 9.47 Å². The molecule has 0 unspecified atom stereocenters. The van der Waals surface area contributed by atoms with Crippen molar-refractivity contribution in [1.29, 1.82) is 0 Å². The Bertz CT molecular complexity index is 1360. The zero-order valence-corrected chi connectivity index (χ0v) is 19.8. The molecule has 0 amide bonds. The van der Waals surface area contributed by atoms with Crippen LogP contribution < -0.4 is 10.3 Å². The first-order chi connectivity index (χ1) is 15.1. The predicted octanol–water partition coefficient (Wildman–Crippen LogP) is 4.85. The van der Waals surface area contributed by atoms with Gasteiger partial charge in [0.2, 0.25) is 15.3 Å². The van der Waals surface area contributed by atoms with Gasteiger partial charge in [-0.1, -0.05) is 19.1 Å². The molecule has 4 rings (SSSR count). The summed E-state index contributed by atoms with van der Waals surface area (Å²) in [6.07, 6.45) is 3.51. The van der Waals surface area contributed by atoms with E-state index < -0.39 is 21.1 Å². The lowest BCUT2D eigenvalue weighted by molar-refractivity contribution is 0.442. The average Bonchev–Trinajstić information content (AvgIpc) is 2.75. The molecule has 0 N–H and O–H groups in total. The van der Waals surface area contributed by atoms with Crippen LogP contribution in [-0.2, 0) is 16.4 Å². The van der Waals surface area contributed by atoms with E-state index in [1.165, 1.54) is 12.3 Å². The van der Waals surface area contributed by atoms with Gasteiger partial charge in [-0.3, -0.25) is 4.79 Å². The van der Waals surface area contributed by atoms with Gasteiger partial charge in [-0.2, -0.15) is 0 Å². The van der Waals surface area contributed by atoms with E-state index in [4.69, 9.17) is 0 Å². The van der Waals surface area contributed by atoms with E-state index in [1.807, 2.05) is 24.8 Å². The van der Waals surface area contributed by atoms with Crippen molar-refractivity contribution in [1.82, 2.24) is 4.57 Å². The van der Waals surface area contributed by atoms with E-state index in [0.717, 1.165) is 31.5 Å². The van der Waals surface area contributed by atoms with E-state index in [-0.39, 0.29) is 15.2 Å². The zero-order valence-electron chi connectivity index (χ0n) is 19.0. The number of piperidine rings is 1. The Kier molecular flexibility index (Phi) is 5.88. The van der Waals surface area contributed by atoms with Crippen LogP contribution in [0.1, 0.15) is 37.8 Å². The van der Waals surface area contributed by atoms with E-state index >= 15 is 4.39 Å². The van der Waals surface area contributed by atoms with Gasteiger partial charge in [-0.05, 0) is 68.9 Å². The van der Waals surface area contributed by atoms with Gasteiger partial charge in [0.1, 0.15) is 10.7 Å². The Labute approximate surface area is 188 Å². The molecule has 1 atom stereocenters. The Morgan fingerprint density at radius 2 is 1.88 bits per heavy atom. The lowest BCUT2D eigenvalue weighted by atomic mass is 9.99. The van der Waals surface area contributed by atoms with Crippen molar-refractivity contribution in [3.05, 3.63) is 63.7 Å². The SMILES string of the molecule is CCn1cc(S(=O)(=O)c2cc(C)ccc2C)c(=O)c2cc(F)c(N3CCC[C@H](C)C3)cc21. The number of sulfone groups is 1. The van der Waals surface area contributed by atoms with Gasteiger partial charge in [0.15, 0.2) is 0 Å². The fourth-order valence-electron chi connectivity index (χ4n) is 4.59. The number of hydrogen-bond donors (Lipinski definition) is 0. The van der Waals surface area contributed by atoms with Gasteiger partial charge in [0, 0.05) is 25.8 Å². The number of aromatic nitrogens is 1. The normalized spacial score (nSPS) is 17.2. The molecule has 170 valence electrons. The number of pyridine rings is 1. The third kappa shape index (κ3) is 3.83. The van der Waals surface area contributed by atoms with Crippen molar-refractivity contribution in [3.63, 3.8) is 0 Å².